The van der Waals surface area contributed by atoms with Crippen LogP contribution in [0.4, 0.5) is 10.1 Å². The van der Waals surface area contributed by atoms with Crippen molar-refractivity contribution >= 4 is 29.2 Å². The minimum atomic E-state index is -0.279. The number of halogens is 1. The van der Waals surface area contributed by atoms with Crippen LogP contribution in [0.15, 0.2) is 70.5 Å². The quantitative estimate of drug-likeness (QED) is 0.716. The summed E-state index contributed by atoms with van der Waals surface area (Å²) in [5, 5.41) is 0. The van der Waals surface area contributed by atoms with Crippen molar-refractivity contribution in [2.45, 2.75) is 6.67 Å². The first-order valence-electron chi connectivity index (χ1n) is 8.19. The molecule has 2 aromatic carbocycles. The molecule has 0 spiro atoms. The summed E-state index contributed by atoms with van der Waals surface area (Å²) >= 11 is 1.39. The smallest absolute Gasteiger partial charge is 0.271 e. The molecular formula is C20H16FN3OS. The number of rotatable bonds is 3. The molecule has 0 N–H and O–H groups in total. The molecular weight excluding hydrogens is 349 g/mol. The third-order valence-electron chi connectivity index (χ3n) is 4.10. The molecule has 130 valence electrons. The third-order valence-corrected chi connectivity index (χ3v) is 5.17. The molecule has 0 saturated heterocycles. The maximum absolute atomic E-state index is 13.1. The van der Waals surface area contributed by atoms with Crippen molar-refractivity contribution in [3.63, 3.8) is 0 Å². The minimum absolute atomic E-state index is 0.0572. The second-order valence-electron chi connectivity index (χ2n) is 5.88. The van der Waals surface area contributed by atoms with Gasteiger partial charge in [-0.25, -0.2) is 9.38 Å². The monoisotopic (exact) mass is 365 g/mol. The van der Waals surface area contributed by atoms with Gasteiger partial charge in [-0.1, -0.05) is 53.8 Å². The lowest BCUT2D eigenvalue weighted by molar-refractivity contribution is 0.568. The number of hydrogen-bond acceptors (Lipinski definition) is 4. The molecule has 1 aliphatic heterocycles. The summed E-state index contributed by atoms with van der Waals surface area (Å²) in [5.41, 5.74) is 1.86. The van der Waals surface area contributed by atoms with Gasteiger partial charge in [0.1, 0.15) is 19.2 Å². The zero-order chi connectivity index (χ0) is 17.9. The van der Waals surface area contributed by atoms with Crippen molar-refractivity contribution in [3.05, 3.63) is 91.7 Å². The van der Waals surface area contributed by atoms with Gasteiger partial charge < -0.3 is 4.90 Å². The highest BCUT2D eigenvalue weighted by Gasteiger charge is 2.15. The van der Waals surface area contributed by atoms with Gasteiger partial charge in [0, 0.05) is 5.69 Å². The van der Waals surface area contributed by atoms with E-state index in [1.54, 1.807) is 16.7 Å². The Morgan fingerprint density at radius 3 is 2.62 bits per heavy atom. The number of anilines is 1. The summed E-state index contributed by atoms with van der Waals surface area (Å²) in [4.78, 5) is 19.8. The van der Waals surface area contributed by atoms with Gasteiger partial charge in [-0.15, -0.1) is 0 Å². The lowest BCUT2D eigenvalue weighted by atomic mass is 10.2. The van der Waals surface area contributed by atoms with E-state index in [0.717, 1.165) is 11.3 Å². The van der Waals surface area contributed by atoms with Crippen molar-refractivity contribution in [3.8, 4) is 0 Å². The molecule has 4 rings (SSSR count). The molecule has 0 fully saturated rings. The Labute approximate surface area is 153 Å². The van der Waals surface area contributed by atoms with Crippen LogP contribution in [-0.2, 0) is 6.67 Å². The molecule has 6 heteroatoms. The minimum Gasteiger partial charge on any atom is -0.334 e. The molecule has 1 aliphatic rings. The molecule has 4 nitrogen and oxygen atoms in total. The SMILES string of the molecule is O=c1/c(=C\C=C/c2ccccc2)sc2n1CN(c1ccc(F)cc1)CN=2. The fraction of sp³-hybridized carbons (Fsp3) is 0.100. The van der Waals surface area contributed by atoms with Gasteiger partial charge in [-0.2, -0.15) is 0 Å². The van der Waals surface area contributed by atoms with Crippen molar-refractivity contribution in [1.82, 2.24) is 4.57 Å². The van der Waals surface area contributed by atoms with Crippen molar-refractivity contribution < 1.29 is 4.39 Å². The molecule has 0 atom stereocenters. The Kier molecular flexibility index (Phi) is 4.50. The first-order chi connectivity index (χ1) is 12.7. The van der Waals surface area contributed by atoms with E-state index in [1.165, 1.54) is 23.5 Å². The number of nitrogens with zero attached hydrogens (tertiary/aromatic N) is 3. The topological polar surface area (TPSA) is 37.6 Å². The van der Waals surface area contributed by atoms with Crippen LogP contribution in [0.25, 0.3) is 12.2 Å². The van der Waals surface area contributed by atoms with Crippen LogP contribution in [0.3, 0.4) is 0 Å². The highest BCUT2D eigenvalue weighted by atomic mass is 32.1. The second-order valence-corrected chi connectivity index (χ2v) is 6.88. The Hall–Kier alpha value is -2.99. The maximum Gasteiger partial charge on any atom is 0.271 e. The normalized spacial score (nSPS) is 14.5. The Bertz CT molecular complexity index is 1110. The van der Waals surface area contributed by atoms with Gasteiger partial charge in [0.15, 0.2) is 4.80 Å². The van der Waals surface area contributed by atoms with Crippen molar-refractivity contribution in [1.29, 1.82) is 0 Å². The largest absolute Gasteiger partial charge is 0.334 e. The standard InChI is InChI=1S/C20H16FN3OS/c21-16-9-11-17(12-10-16)23-13-22-20-24(14-23)19(25)18(26-20)8-4-7-15-5-2-1-3-6-15/h1-12H,13-14H2/b7-4-,18-8+. The van der Waals surface area contributed by atoms with E-state index in [2.05, 4.69) is 4.99 Å². The summed E-state index contributed by atoms with van der Waals surface area (Å²) in [7, 11) is 0. The fourth-order valence-corrected chi connectivity index (χ4v) is 3.67. The number of aromatic nitrogens is 1. The summed E-state index contributed by atoms with van der Waals surface area (Å²) < 4.78 is 15.4. The third kappa shape index (κ3) is 3.36. The summed E-state index contributed by atoms with van der Waals surface area (Å²) in [6, 6.07) is 16.1. The second kappa shape index (κ2) is 7.09. The van der Waals surface area contributed by atoms with Crippen LogP contribution >= 0.6 is 11.3 Å². The van der Waals surface area contributed by atoms with E-state index in [0.29, 0.717) is 22.7 Å². The first kappa shape index (κ1) is 16.5. The predicted molar refractivity (Wildman–Crippen MR) is 103 cm³/mol. The number of allylic oxidation sites excluding steroid dienone is 1. The number of hydrogen-bond donors (Lipinski definition) is 0. The Morgan fingerprint density at radius 1 is 1.08 bits per heavy atom. The lowest BCUT2D eigenvalue weighted by Crippen LogP contribution is -2.42. The van der Waals surface area contributed by atoms with Crippen LogP contribution in [0.1, 0.15) is 5.56 Å². The fourth-order valence-electron chi connectivity index (χ4n) is 2.75. The van der Waals surface area contributed by atoms with Crippen molar-refractivity contribution in [2.24, 2.45) is 4.99 Å². The molecule has 0 unspecified atom stereocenters. The van der Waals surface area contributed by atoms with Crippen LogP contribution in [0.5, 0.6) is 0 Å². The number of benzene rings is 2. The van der Waals surface area contributed by atoms with E-state index >= 15 is 0 Å². The lowest BCUT2D eigenvalue weighted by Gasteiger charge is -2.25. The summed E-state index contributed by atoms with van der Waals surface area (Å²) in [5.74, 6) is -0.279. The van der Waals surface area contributed by atoms with Crippen LogP contribution in [-0.4, -0.2) is 11.2 Å². The van der Waals surface area contributed by atoms with Gasteiger partial charge in [0.25, 0.3) is 5.56 Å². The van der Waals surface area contributed by atoms with Gasteiger partial charge in [0.05, 0.1) is 4.53 Å². The molecule has 0 bridgehead atoms. The molecule has 3 aromatic rings. The average Bonchev–Trinajstić information content (AvgIpc) is 2.99. The highest BCUT2D eigenvalue weighted by Crippen LogP contribution is 2.16. The van der Waals surface area contributed by atoms with Crippen LogP contribution < -0.4 is 19.8 Å². The number of thiazole rings is 1. The average molecular weight is 365 g/mol. The zero-order valence-corrected chi connectivity index (χ0v) is 14.7. The molecule has 0 saturated carbocycles. The van der Waals surface area contributed by atoms with E-state index in [-0.39, 0.29) is 11.4 Å². The van der Waals surface area contributed by atoms with Gasteiger partial charge in [-0.3, -0.25) is 9.36 Å². The van der Waals surface area contributed by atoms with Crippen LogP contribution in [0.2, 0.25) is 0 Å². The number of fused-ring (bicyclic) bond motifs is 1. The Balaban J connectivity index is 1.61. The summed E-state index contributed by atoms with van der Waals surface area (Å²) in [6.07, 6.45) is 5.67. The first-order valence-corrected chi connectivity index (χ1v) is 9.00. The van der Waals surface area contributed by atoms with E-state index in [4.69, 9.17) is 0 Å². The Morgan fingerprint density at radius 2 is 1.85 bits per heavy atom. The molecule has 26 heavy (non-hydrogen) atoms. The molecule has 0 amide bonds. The van der Waals surface area contributed by atoms with Gasteiger partial charge in [0.2, 0.25) is 0 Å². The molecule has 1 aromatic heterocycles. The van der Waals surface area contributed by atoms with Crippen molar-refractivity contribution in [2.75, 3.05) is 11.6 Å². The molecule has 2 heterocycles. The molecule has 0 aliphatic carbocycles. The maximum atomic E-state index is 13.1. The predicted octanol–water partition coefficient (Wildman–Crippen LogP) is 2.60. The highest BCUT2D eigenvalue weighted by molar-refractivity contribution is 7.07. The molecule has 0 radical (unpaired) electrons. The van der Waals surface area contributed by atoms with E-state index in [9.17, 15) is 9.18 Å². The van der Waals surface area contributed by atoms with E-state index in [1.807, 2.05) is 53.5 Å². The van der Waals surface area contributed by atoms with E-state index < -0.39 is 0 Å². The van der Waals surface area contributed by atoms with Crippen LogP contribution in [0, 0.1) is 5.82 Å². The zero-order valence-electron chi connectivity index (χ0n) is 13.9. The van der Waals surface area contributed by atoms with Gasteiger partial charge in [-0.05, 0) is 35.9 Å². The summed E-state index contributed by atoms with van der Waals surface area (Å²) in [6.45, 7) is 0.862. The van der Waals surface area contributed by atoms with Gasteiger partial charge >= 0.3 is 0 Å².